The van der Waals surface area contributed by atoms with Crippen LogP contribution < -0.4 is 10.6 Å². The largest absolute Gasteiger partial charge is 0.355 e. The second-order valence-corrected chi connectivity index (χ2v) is 12.0. The van der Waals surface area contributed by atoms with Crippen molar-refractivity contribution in [3.05, 3.63) is 29.8 Å². The van der Waals surface area contributed by atoms with E-state index in [0.29, 0.717) is 12.0 Å². The first-order valence-electron chi connectivity index (χ1n) is 11.5. The number of rotatable bonds is 6. The third-order valence-corrected chi connectivity index (χ3v) is 9.25. The molecule has 0 radical (unpaired) electrons. The van der Waals surface area contributed by atoms with Crippen LogP contribution >= 0.6 is 15.9 Å². The zero-order valence-electron chi connectivity index (χ0n) is 18.5. The molecule has 164 valence electrons. The number of nitrogens with one attached hydrogen (secondary N) is 2. The molecule has 4 nitrogen and oxygen atoms in total. The third kappa shape index (κ3) is 4.61. The zero-order valence-corrected chi connectivity index (χ0v) is 20.1. The maximum Gasteiger partial charge on any atom is 0.234 e. The second kappa shape index (κ2) is 8.29. The van der Waals surface area contributed by atoms with E-state index < -0.39 is 0 Å². The van der Waals surface area contributed by atoms with Crippen molar-refractivity contribution in [1.82, 2.24) is 5.32 Å². The van der Waals surface area contributed by atoms with Crippen LogP contribution in [0.15, 0.2) is 24.3 Å². The average molecular weight is 475 g/mol. The van der Waals surface area contributed by atoms with Crippen LogP contribution in [0, 0.1) is 23.2 Å². The summed E-state index contributed by atoms with van der Waals surface area (Å²) in [4.78, 5) is 24.2. The van der Waals surface area contributed by atoms with E-state index in [2.05, 4.69) is 50.8 Å². The lowest BCUT2D eigenvalue weighted by Crippen LogP contribution is -2.48. The maximum absolute atomic E-state index is 12.3. The summed E-state index contributed by atoms with van der Waals surface area (Å²) in [5, 5.41) is 5.82. The van der Waals surface area contributed by atoms with Crippen LogP contribution in [0.3, 0.4) is 0 Å². The van der Waals surface area contributed by atoms with Gasteiger partial charge in [-0.05, 0) is 84.8 Å². The third-order valence-electron chi connectivity index (χ3n) is 7.46. The van der Waals surface area contributed by atoms with Gasteiger partial charge in [0.25, 0.3) is 0 Å². The number of hydrogen-bond acceptors (Lipinski definition) is 2. The summed E-state index contributed by atoms with van der Waals surface area (Å²) in [5.41, 5.74) is 2.54. The van der Waals surface area contributed by atoms with Crippen molar-refractivity contribution in [2.24, 2.45) is 23.2 Å². The van der Waals surface area contributed by atoms with Crippen molar-refractivity contribution in [2.45, 2.75) is 76.0 Å². The first-order chi connectivity index (χ1) is 14.1. The lowest BCUT2D eigenvalue weighted by atomic mass is 9.48. The van der Waals surface area contributed by atoms with Gasteiger partial charge in [0, 0.05) is 18.7 Å². The predicted molar refractivity (Wildman–Crippen MR) is 125 cm³/mol. The smallest absolute Gasteiger partial charge is 0.234 e. The fraction of sp³-hybridized carbons (Fsp3) is 0.680. The summed E-state index contributed by atoms with van der Waals surface area (Å²) in [6, 6.07) is 8.59. The molecule has 0 spiro atoms. The Balaban J connectivity index is 1.28. The fourth-order valence-electron chi connectivity index (χ4n) is 6.38. The quantitative estimate of drug-likeness (QED) is 0.541. The molecule has 1 atom stereocenters. The van der Waals surface area contributed by atoms with Gasteiger partial charge in [0.2, 0.25) is 11.8 Å². The molecule has 4 aliphatic carbocycles. The summed E-state index contributed by atoms with van der Waals surface area (Å²) in [6.45, 7) is 6.36. The highest BCUT2D eigenvalue weighted by Crippen LogP contribution is 2.60. The number of carbonyl (C=O) groups excluding carboxylic acids is 2. The number of alkyl halides is 1. The highest BCUT2D eigenvalue weighted by molar-refractivity contribution is 9.10. The molecule has 0 saturated heterocycles. The minimum Gasteiger partial charge on any atom is -0.355 e. The molecule has 0 aromatic heterocycles. The lowest BCUT2D eigenvalue weighted by Gasteiger charge is -2.57. The minimum absolute atomic E-state index is 0.0697. The topological polar surface area (TPSA) is 58.2 Å². The van der Waals surface area contributed by atoms with E-state index in [1.165, 1.54) is 44.1 Å². The van der Waals surface area contributed by atoms with Crippen LogP contribution in [-0.4, -0.2) is 23.2 Å². The molecule has 5 heteroatoms. The van der Waals surface area contributed by atoms with E-state index >= 15 is 0 Å². The summed E-state index contributed by atoms with van der Waals surface area (Å²) < 4.78 is 0. The Kier molecular flexibility index (Phi) is 6.04. The molecule has 4 aliphatic rings. The number of halogens is 1. The molecule has 2 amide bonds. The Bertz CT molecular complexity index is 761. The van der Waals surface area contributed by atoms with Crippen LogP contribution in [0.5, 0.6) is 0 Å². The van der Waals surface area contributed by atoms with Crippen LogP contribution in [0.4, 0.5) is 5.69 Å². The average Bonchev–Trinajstić information content (AvgIpc) is 2.66. The van der Waals surface area contributed by atoms with E-state index in [1.807, 2.05) is 20.8 Å². The van der Waals surface area contributed by atoms with Crippen molar-refractivity contribution in [3.63, 3.8) is 0 Å². The molecule has 0 unspecified atom stereocenters. The molecule has 4 fully saturated rings. The number of amides is 2. The Morgan fingerprint density at radius 1 is 1.03 bits per heavy atom. The molecular formula is C25H35BrN2O2. The van der Waals surface area contributed by atoms with Gasteiger partial charge in [-0.2, -0.15) is 0 Å². The van der Waals surface area contributed by atoms with E-state index in [9.17, 15) is 9.59 Å². The molecule has 0 aliphatic heterocycles. The molecule has 1 aromatic carbocycles. The Hall–Kier alpha value is -1.36. The predicted octanol–water partition coefficient (Wildman–Crippen LogP) is 5.41. The number of carbonyl (C=O) groups is 2. The summed E-state index contributed by atoms with van der Waals surface area (Å²) in [7, 11) is 0. The molecule has 30 heavy (non-hydrogen) atoms. The summed E-state index contributed by atoms with van der Waals surface area (Å²) >= 11 is 3.44. The highest BCUT2D eigenvalue weighted by atomic mass is 79.9. The maximum atomic E-state index is 12.3. The van der Waals surface area contributed by atoms with Crippen molar-refractivity contribution < 1.29 is 9.59 Å². The molecule has 1 aromatic rings. The van der Waals surface area contributed by atoms with Gasteiger partial charge in [-0.15, -0.1) is 0 Å². The van der Waals surface area contributed by atoms with Gasteiger partial charge in [-0.25, -0.2) is 0 Å². The van der Waals surface area contributed by atoms with Gasteiger partial charge in [-0.3, -0.25) is 9.59 Å². The van der Waals surface area contributed by atoms with Gasteiger partial charge >= 0.3 is 0 Å². The normalized spacial score (nSPS) is 30.7. The van der Waals surface area contributed by atoms with Gasteiger partial charge in [-0.1, -0.05) is 48.8 Å². The Labute approximate surface area is 189 Å². The SMILES string of the molecule is CC(C)(C)[C@H](Br)C(=O)NCCC(=O)Nc1ccc(C23CC4CC(CC(C4)C2)C3)cc1. The molecule has 2 N–H and O–H groups in total. The lowest BCUT2D eigenvalue weighted by molar-refractivity contribution is -0.122. The van der Waals surface area contributed by atoms with Gasteiger partial charge in [0.15, 0.2) is 0 Å². The molecular weight excluding hydrogens is 440 g/mol. The van der Waals surface area contributed by atoms with Gasteiger partial charge in [0.05, 0.1) is 4.83 Å². The minimum atomic E-state index is -0.273. The van der Waals surface area contributed by atoms with Crippen molar-refractivity contribution >= 4 is 33.4 Å². The van der Waals surface area contributed by atoms with Gasteiger partial charge in [0.1, 0.15) is 0 Å². The van der Waals surface area contributed by atoms with Crippen LogP contribution in [0.25, 0.3) is 0 Å². The van der Waals surface area contributed by atoms with E-state index in [-0.39, 0.29) is 28.5 Å². The summed E-state index contributed by atoms with van der Waals surface area (Å²) in [6.07, 6.45) is 8.70. The summed E-state index contributed by atoms with van der Waals surface area (Å²) in [5.74, 6) is 2.66. The van der Waals surface area contributed by atoms with Crippen molar-refractivity contribution in [3.8, 4) is 0 Å². The standard InChI is InChI=1S/C25H35BrN2O2/c1-24(2,3)22(26)23(30)27-9-8-21(29)28-20-6-4-19(5-7-20)25-13-16-10-17(14-25)12-18(11-16)15-25/h4-7,16-18,22H,8-15H2,1-3H3,(H,27,30)(H,28,29)/t16?,17?,18?,22-,25?/m1/s1. The van der Waals surface area contributed by atoms with Crippen molar-refractivity contribution in [2.75, 3.05) is 11.9 Å². The van der Waals surface area contributed by atoms with Crippen molar-refractivity contribution in [1.29, 1.82) is 0 Å². The fourth-order valence-corrected chi connectivity index (χ4v) is 6.54. The second-order valence-electron chi connectivity index (χ2n) is 11.1. The van der Waals surface area contributed by atoms with Gasteiger partial charge < -0.3 is 10.6 Å². The Morgan fingerprint density at radius 3 is 2.07 bits per heavy atom. The first kappa shape index (κ1) is 21.9. The molecule has 0 heterocycles. The van der Waals surface area contributed by atoms with E-state index in [0.717, 1.165) is 23.4 Å². The molecule has 4 saturated carbocycles. The monoisotopic (exact) mass is 474 g/mol. The molecule has 5 rings (SSSR count). The van der Waals surface area contributed by atoms with E-state index in [1.54, 1.807) is 0 Å². The van der Waals surface area contributed by atoms with Crippen LogP contribution in [0.2, 0.25) is 0 Å². The number of hydrogen-bond donors (Lipinski definition) is 2. The van der Waals surface area contributed by atoms with E-state index in [4.69, 9.17) is 0 Å². The molecule has 4 bridgehead atoms. The van der Waals surface area contributed by atoms with Crippen LogP contribution in [-0.2, 0) is 15.0 Å². The first-order valence-corrected chi connectivity index (χ1v) is 12.4. The number of benzene rings is 1. The Morgan fingerprint density at radius 2 is 1.57 bits per heavy atom. The van der Waals surface area contributed by atoms with Crippen LogP contribution in [0.1, 0.15) is 71.3 Å². The zero-order chi connectivity index (χ0) is 21.5. The number of anilines is 1. The highest BCUT2D eigenvalue weighted by Gasteiger charge is 2.51.